The molecule has 0 saturated heterocycles. The molecule has 0 amide bonds. The summed E-state index contributed by atoms with van der Waals surface area (Å²) in [6.45, 7) is 0. The number of aryl methyl sites for hydroxylation is 2. The van der Waals surface area contributed by atoms with Gasteiger partial charge in [-0.15, -0.1) is 0 Å². The van der Waals surface area contributed by atoms with Gasteiger partial charge in [-0.3, -0.25) is 4.90 Å². The molecule has 2 aromatic heterocycles. The van der Waals surface area contributed by atoms with Gasteiger partial charge in [0.2, 0.25) is 5.52 Å². The summed E-state index contributed by atoms with van der Waals surface area (Å²) in [4.78, 5) is 7.13. The zero-order valence-corrected chi connectivity index (χ0v) is 20.5. The van der Waals surface area contributed by atoms with Gasteiger partial charge in [0.05, 0.1) is 12.0 Å². The molecule has 3 aromatic carbocycles. The molecule has 6 rings (SSSR count). The maximum absolute atomic E-state index is 5.95. The van der Waals surface area contributed by atoms with Crippen LogP contribution in [0.15, 0.2) is 97.0 Å². The van der Waals surface area contributed by atoms with E-state index in [9.17, 15) is 0 Å². The smallest absolute Gasteiger partial charge is 0.263 e. The first-order chi connectivity index (χ1) is 17.1. The van der Waals surface area contributed by atoms with E-state index in [-0.39, 0.29) is 0 Å². The van der Waals surface area contributed by atoms with Crippen LogP contribution in [0.4, 0.5) is 17.2 Å². The number of allylic oxidation sites excluding steroid dienone is 3. The summed E-state index contributed by atoms with van der Waals surface area (Å²) >= 11 is 1.80. The minimum Gasteiger partial charge on any atom is -0.399 e. The molecular weight excluding hydrogens is 450 g/mol. The van der Waals surface area contributed by atoms with Gasteiger partial charge in [0.1, 0.15) is 11.7 Å². The van der Waals surface area contributed by atoms with Crippen molar-refractivity contribution < 1.29 is 4.57 Å². The second-order valence-corrected chi connectivity index (χ2v) is 9.88. The molecular formula is C29H26N5S+. The molecule has 0 radical (unpaired) electrons. The normalized spacial score (nSPS) is 14.4. The number of thiazole rings is 1. The standard InChI is InChI=1S/C29H26N5S/c1-32-19-31-29-28(32)21(18-27-33(2)25-10-6-7-11-26(25)35-27)17-24(16-20-12-14-22(30)15-13-20)34(29)23-8-4-3-5-9-23/h3-15,17-19H,16,30H2,1-2H3/q+1. The van der Waals surface area contributed by atoms with Gasteiger partial charge in [0, 0.05) is 48.3 Å². The maximum atomic E-state index is 5.95. The van der Waals surface area contributed by atoms with Crippen molar-refractivity contribution in [3.05, 3.63) is 113 Å². The summed E-state index contributed by atoms with van der Waals surface area (Å²) in [7, 11) is 4.19. The Morgan fingerprint density at radius 3 is 2.49 bits per heavy atom. The van der Waals surface area contributed by atoms with Gasteiger partial charge in [-0.05, 0) is 42.0 Å². The number of hydrogen-bond acceptors (Lipinski definition) is 4. The topological polar surface area (TPSA) is 51.0 Å². The number of hydrogen-bond donors (Lipinski definition) is 1. The van der Waals surface area contributed by atoms with Crippen molar-refractivity contribution in [2.45, 2.75) is 6.42 Å². The Hall–Kier alpha value is -4.16. The lowest BCUT2D eigenvalue weighted by atomic mass is 9.99. The first kappa shape index (κ1) is 21.4. The van der Waals surface area contributed by atoms with Gasteiger partial charge in [-0.25, -0.2) is 4.98 Å². The van der Waals surface area contributed by atoms with Crippen molar-refractivity contribution in [2.24, 2.45) is 14.1 Å². The average Bonchev–Trinajstić information content (AvgIpc) is 3.41. The van der Waals surface area contributed by atoms with E-state index in [4.69, 9.17) is 10.7 Å². The van der Waals surface area contributed by atoms with E-state index in [1.165, 1.54) is 26.5 Å². The molecule has 1 aliphatic heterocycles. The fraction of sp³-hybridized carbons (Fsp3) is 0.103. The van der Waals surface area contributed by atoms with Gasteiger partial charge in [-0.1, -0.05) is 53.8 Å². The molecule has 35 heavy (non-hydrogen) atoms. The summed E-state index contributed by atoms with van der Waals surface area (Å²) in [5.74, 6) is 0.946. The number of aromatic nitrogens is 3. The predicted octanol–water partition coefficient (Wildman–Crippen LogP) is 5.86. The molecule has 0 bridgehead atoms. The number of imidazole rings is 1. The van der Waals surface area contributed by atoms with Crippen LogP contribution in [0.3, 0.4) is 0 Å². The summed E-state index contributed by atoms with van der Waals surface area (Å²) in [6, 6.07) is 27.1. The van der Waals surface area contributed by atoms with E-state index >= 15 is 0 Å². The molecule has 172 valence electrons. The van der Waals surface area contributed by atoms with E-state index in [1.807, 2.05) is 24.5 Å². The van der Waals surface area contributed by atoms with Gasteiger partial charge < -0.3 is 10.3 Å². The molecule has 0 aliphatic carbocycles. The minimum atomic E-state index is 0.765. The Labute approximate surface area is 208 Å². The summed E-state index contributed by atoms with van der Waals surface area (Å²) in [6.07, 6.45) is 7.26. The molecule has 5 nitrogen and oxygen atoms in total. The zero-order valence-electron chi connectivity index (χ0n) is 19.7. The first-order valence-electron chi connectivity index (χ1n) is 11.6. The predicted molar refractivity (Wildman–Crippen MR) is 145 cm³/mol. The molecule has 1 aliphatic rings. The Kier molecular flexibility index (Phi) is 5.23. The third kappa shape index (κ3) is 3.82. The third-order valence-electron chi connectivity index (χ3n) is 6.44. The summed E-state index contributed by atoms with van der Waals surface area (Å²) in [5, 5.41) is 1.20. The fourth-order valence-corrected chi connectivity index (χ4v) is 5.79. The van der Waals surface area contributed by atoms with Gasteiger partial charge in [-0.2, -0.15) is 4.57 Å². The molecule has 0 atom stereocenters. The lowest BCUT2D eigenvalue weighted by Crippen LogP contribution is -2.29. The first-order valence-corrected chi connectivity index (χ1v) is 12.4. The minimum absolute atomic E-state index is 0.765. The van der Waals surface area contributed by atoms with Crippen molar-refractivity contribution in [1.29, 1.82) is 0 Å². The van der Waals surface area contributed by atoms with Gasteiger partial charge in [0.15, 0.2) is 5.82 Å². The number of rotatable bonds is 4. The highest BCUT2D eigenvalue weighted by atomic mass is 32.1. The number of fused-ring (bicyclic) bond motifs is 2. The van der Waals surface area contributed by atoms with E-state index < -0.39 is 0 Å². The molecule has 3 heterocycles. The molecule has 6 heteroatoms. The van der Waals surface area contributed by atoms with E-state index in [2.05, 4.69) is 101 Å². The Morgan fingerprint density at radius 2 is 1.71 bits per heavy atom. The molecule has 0 unspecified atom stereocenters. The number of benzene rings is 3. The summed E-state index contributed by atoms with van der Waals surface area (Å²) in [5.41, 5.74) is 13.7. The highest BCUT2D eigenvalue weighted by Gasteiger charge is 2.29. The molecule has 2 N–H and O–H groups in total. The lowest BCUT2D eigenvalue weighted by Gasteiger charge is -2.31. The van der Waals surface area contributed by atoms with Gasteiger partial charge in [0.25, 0.3) is 5.01 Å². The highest BCUT2D eigenvalue weighted by Crippen LogP contribution is 2.41. The van der Waals surface area contributed by atoms with Crippen LogP contribution in [0.5, 0.6) is 0 Å². The molecule has 0 fully saturated rings. The van der Waals surface area contributed by atoms with E-state index in [0.717, 1.165) is 34.9 Å². The zero-order chi connectivity index (χ0) is 23.9. The van der Waals surface area contributed by atoms with Crippen molar-refractivity contribution >= 4 is 50.4 Å². The van der Waals surface area contributed by atoms with Crippen LogP contribution >= 0.6 is 11.3 Å². The number of nitrogen functional groups attached to an aromatic ring is 1. The fourth-order valence-electron chi connectivity index (χ4n) is 4.69. The molecule has 5 aromatic rings. The monoisotopic (exact) mass is 476 g/mol. The van der Waals surface area contributed by atoms with Crippen LogP contribution in [-0.4, -0.2) is 9.55 Å². The van der Waals surface area contributed by atoms with Crippen LogP contribution in [0.1, 0.15) is 16.3 Å². The molecule has 0 spiro atoms. The average molecular weight is 477 g/mol. The Morgan fingerprint density at radius 1 is 0.971 bits per heavy atom. The van der Waals surface area contributed by atoms with Crippen LogP contribution in [0.2, 0.25) is 0 Å². The third-order valence-corrected chi connectivity index (χ3v) is 7.61. The van der Waals surface area contributed by atoms with Gasteiger partial charge >= 0.3 is 0 Å². The van der Waals surface area contributed by atoms with E-state index in [0.29, 0.717) is 0 Å². The lowest BCUT2D eigenvalue weighted by molar-refractivity contribution is -0.642. The van der Waals surface area contributed by atoms with Crippen molar-refractivity contribution in [3.8, 4) is 0 Å². The summed E-state index contributed by atoms with van der Waals surface area (Å²) < 4.78 is 5.65. The van der Waals surface area contributed by atoms with E-state index in [1.54, 1.807) is 11.3 Å². The second kappa shape index (κ2) is 8.56. The number of nitrogens with two attached hydrogens (primary N) is 1. The maximum Gasteiger partial charge on any atom is 0.263 e. The number of nitrogens with zero attached hydrogens (tertiary/aromatic N) is 4. The van der Waals surface area contributed by atoms with Crippen molar-refractivity contribution in [1.82, 2.24) is 9.55 Å². The Balaban J connectivity index is 1.54. The highest BCUT2D eigenvalue weighted by molar-refractivity contribution is 7.18. The van der Waals surface area contributed by atoms with Crippen LogP contribution in [-0.2, 0) is 20.5 Å². The number of para-hydroxylation sites is 2. The second-order valence-electron chi connectivity index (χ2n) is 8.82. The van der Waals surface area contributed by atoms with Crippen LogP contribution in [0, 0.1) is 0 Å². The largest absolute Gasteiger partial charge is 0.399 e. The van der Waals surface area contributed by atoms with Crippen LogP contribution in [0.25, 0.3) is 21.9 Å². The van der Waals surface area contributed by atoms with Crippen molar-refractivity contribution in [2.75, 3.05) is 10.6 Å². The quantitative estimate of drug-likeness (QED) is 0.261. The molecule has 0 saturated carbocycles. The van der Waals surface area contributed by atoms with Crippen molar-refractivity contribution in [3.63, 3.8) is 0 Å². The number of anilines is 3. The SMILES string of the molecule is Cn1cnc2c1C(=Cc1sc3ccccc3[n+]1C)C=C(Cc1ccc(N)cc1)N2c1ccccc1. The van der Waals surface area contributed by atoms with Crippen LogP contribution < -0.4 is 15.2 Å². The Bertz CT molecular complexity index is 1590.